The Balaban J connectivity index is 0.000000138. The van der Waals surface area contributed by atoms with Crippen molar-refractivity contribution in [1.82, 2.24) is 116 Å². The summed E-state index contributed by atoms with van der Waals surface area (Å²) in [4.78, 5) is 185. The van der Waals surface area contributed by atoms with Crippen LogP contribution in [0.25, 0.3) is 67.7 Å². The highest BCUT2D eigenvalue weighted by atomic mass is 19.3. The molecule has 3 amide bonds. The van der Waals surface area contributed by atoms with Crippen LogP contribution in [0.4, 0.5) is 44.1 Å². The van der Waals surface area contributed by atoms with Gasteiger partial charge in [0, 0.05) is 133 Å². The van der Waals surface area contributed by atoms with Crippen LogP contribution in [0.3, 0.4) is 0 Å². The number of nitrogens with zero attached hydrogens (tertiary/aromatic N) is 26. The van der Waals surface area contributed by atoms with Crippen molar-refractivity contribution in [1.29, 1.82) is 0 Å². The number of carbonyl (C=O) groups is 3. The summed E-state index contributed by atoms with van der Waals surface area (Å²) in [6.45, 7) is 4.74. The molecule has 16 rings (SSSR count). The van der Waals surface area contributed by atoms with Gasteiger partial charge in [-0.1, -0.05) is 0 Å². The number of hydrogen-bond acceptors (Lipinski definition) is 27. The molecule has 15 heterocycles. The Morgan fingerprint density at radius 3 is 1.43 bits per heavy atom. The second-order valence-electron chi connectivity index (χ2n) is 26.0. The van der Waals surface area contributed by atoms with Crippen molar-refractivity contribution < 1.29 is 27.3 Å². The standard InChI is InChI=1S/C23H22F2N10O3.C22H24N10O3.C21H22N10O3/c1-11(35-10-29-18-16(35)20(37)33(3)22(38)32(18)2)19(36)31-15-4-5-26-17(30-15)12-6-27-21(28-7-12)34-8-13-14(9-34)23(13,24)25;1-13-5-4-8-32(13)21-24-9-14(10-25-21)18-23-7-6-15(28-18)27-16(33)11-31-12-26-19-17(31)20(34)30(3)22(35)29(19)2;1-12-4-3-7-31(12)20-23-8-13(9-24-20)17-22-6-5-14(27-17)26-15(32)10-30-11-25-18-16(30)19(33)28-21(34)29(18)2/h4-7,10-11,13-14H,8-9H2,1-3H3,(H,26,30,31,36);6-7,9-10,12-13H,4-5,8,11H2,1-3H3,(H,23,27,28,33);5-6,8-9,11-12H,3-4,7,10H2,1-2H3,(H,28,33,34)(H,22,26,27,32)/t11-,13?,14?;13-;12-/m000/s1/i;2D3;. The molecular weight excluding hydrogens is 1390 g/mol. The Morgan fingerprint density at radius 1 is 0.542 bits per heavy atom. The van der Waals surface area contributed by atoms with Crippen LogP contribution >= 0.6 is 0 Å². The first-order valence-corrected chi connectivity index (χ1v) is 33.5. The molecule has 12 aromatic rings. The second kappa shape index (κ2) is 28.3. The summed E-state index contributed by atoms with van der Waals surface area (Å²) in [6.07, 6.45) is 22.3. The molecule has 1 saturated carbocycles. The van der Waals surface area contributed by atoms with Crippen LogP contribution < -0.4 is 64.4 Å². The third kappa shape index (κ3) is 13.7. The largest absolute Gasteiger partial charge is 0.340 e. The third-order valence-corrected chi connectivity index (χ3v) is 19.0. The number of alkyl halides is 2. The molecule has 0 radical (unpaired) electrons. The van der Waals surface area contributed by atoms with Crippen LogP contribution in [0.2, 0.25) is 0 Å². The minimum atomic E-state index is -2.87. The molecule has 0 spiro atoms. The number of amides is 3. The fraction of sp³-hybridized carbons (Fsp3) is 0.364. The Bertz CT molecular complexity index is 5980. The van der Waals surface area contributed by atoms with Gasteiger partial charge in [0.1, 0.15) is 36.6 Å². The fourth-order valence-electron chi connectivity index (χ4n) is 13.0. The molecule has 2 unspecified atom stereocenters. The van der Waals surface area contributed by atoms with Crippen molar-refractivity contribution in [3.63, 3.8) is 0 Å². The second-order valence-corrected chi connectivity index (χ2v) is 26.0. The van der Waals surface area contributed by atoms with Crippen LogP contribution in [0.5, 0.6) is 0 Å². The van der Waals surface area contributed by atoms with Gasteiger partial charge in [-0.3, -0.25) is 56.6 Å². The molecule has 0 aromatic carbocycles. The van der Waals surface area contributed by atoms with Crippen LogP contribution in [0.15, 0.2) is 122 Å². The smallest absolute Gasteiger partial charge is 0.332 e. The van der Waals surface area contributed by atoms with Crippen molar-refractivity contribution in [2.24, 2.45) is 47.0 Å². The van der Waals surface area contributed by atoms with Gasteiger partial charge in [-0.05, 0) is 64.7 Å². The number of aryl methyl sites for hydroxylation is 3. The zero-order chi connectivity index (χ0) is 77.9. The lowest BCUT2D eigenvalue weighted by Gasteiger charge is -2.20. The molecule has 0 bridgehead atoms. The van der Waals surface area contributed by atoms with Crippen molar-refractivity contribution in [3.05, 3.63) is 155 Å². The van der Waals surface area contributed by atoms with E-state index in [9.17, 15) is 51.9 Å². The highest BCUT2D eigenvalue weighted by molar-refractivity contribution is 5.94. The molecule has 3 aliphatic heterocycles. The Morgan fingerprint density at radius 2 is 0.963 bits per heavy atom. The molecule has 4 aliphatic rings. The van der Waals surface area contributed by atoms with E-state index in [1.165, 1.54) is 99.8 Å². The number of piperidine rings is 1. The van der Waals surface area contributed by atoms with Crippen LogP contribution in [-0.2, 0) is 62.6 Å². The number of rotatable bonds is 15. The molecule has 41 heteroatoms. The van der Waals surface area contributed by atoms with Crippen molar-refractivity contribution >= 4 is 86.5 Å². The molecule has 550 valence electrons. The number of nitrogens with one attached hydrogen (secondary N) is 4. The molecule has 4 N–H and O–H groups in total. The fourth-order valence-corrected chi connectivity index (χ4v) is 13.0. The first kappa shape index (κ1) is 66.8. The van der Waals surface area contributed by atoms with Gasteiger partial charge in [0.05, 0.1) is 47.5 Å². The summed E-state index contributed by atoms with van der Waals surface area (Å²) in [7, 11) is 5.50. The topological polar surface area (TPSA) is 448 Å². The van der Waals surface area contributed by atoms with E-state index in [-0.39, 0.29) is 82.9 Å². The van der Waals surface area contributed by atoms with E-state index in [4.69, 9.17) is 4.11 Å². The van der Waals surface area contributed by atoms with E-state index in [0.717, 1.165) is 56.7 Å². The number of aromatic nitrogens is 24. The van der Waals surface area contributed by atoms with E-state index in [1.807, 2.05) is 0 Å². The molecular formula is C66H68F2N30O9. The van der Waals surface area contributed by atoms with Gasteiger partial charge in [-0.2, -0.15) is 0 Å². The summed E-state index contributed by atoms with van der Waals surface area (Å²) in [5.41, 5.74) is -2.29. The highest BCUT2D eigenvalue weighted by Gasteiger charge is 2.72. The van der Waals surface area contributed by atoms with Crippen molar-refractivity contribution in [3.8, 4) is 34.2 Å². The lowest BCUT2D eigenvalue weighted by atomic mass is 10.2. The van der Waals surface area contributed by atoms with E-state index < -0.39 is 82.2 Å². The number of anilines is 6. The minimum absolute atomic E-state index is 0.122. The number of hydrogen-bond donors (Lipinski definition) is 4. The summed E-state index contributed by atoms with van der Waals surface area (Å²) in [5, 5.41) is 8.03. The number of carbonyl (C=O) groups excluding carboxylic acids is 3. The first-order valence-electron chi connectivity index (χ1n) is 35.0. The Hall–Kier alpha value is -13.4. The molecule has 107 heavy (non-hydrogen) atoms. The van der Waals surface area contributed by atoms with Crippen LogP contribution in [-0.4, -0.2) is 178 Å². The van der Waals surface area contributed by atoms with Gasteiger partial charge in [0.15, 0.2) is 51.0 Å². The summed E-state index contributed by atoms with van der Waals surface area (Å²) >= 11 is 0. The summed E-state index contributed by atoms with van der Waals surface area (Å²) < 4.78 is 58.3. The van der Waals surface area contributed by atoms with E-state index in [0.29, 0.717) is 67.4 Å². The zero-order valence-corrected chi connectivity index (χ0v) is 58.2. The monoisotopic (exact) mass is 1470 g/mol. The lowest BCUT2D eigenvalue weighted by Crippen LogP contribution is -2.38. The number of halogens is 2. The van der Waals surface area contributed by atoms with Gasteiger partial charge in [-0.25, -0.2) is 97.9 Å². The Kier molecular flexibility index (Phi) is 17.7. The SMILES string of the molecule is C[C@@H](C(=O)Nc1ccnc(-c2cnc(N3CC4C(C3)C4(F)F)nc2)n1)n1cnc2c1c(=O)n(C)c(=O)n2C.C[C@H]1CCCN1c1ncc(-c2nccc(NC(=O)Cn3cnc4c3c(=O)[nH]c(=O)n4C)n2)cn1.[2H]C([2H])([2H])n1c(=O)n(C)c(=O)c2c1ncn2CC(=O)Nc1ccnc(-c2cnc(N3CCC[C@@H]3C)nc2)n1. The van der Waals surface area contributed by atoms with Gasteiger partial charge in [0.2, 0.25) is 35.6 Å². The predicted octanol–water partition coefficient (Wildman–Crippen LogP) is 1.19. The molecule has 4 fully saturated rings. The first-order chi connectivity index (χ1) is 52.5. The van der Waals surface area contributed by atoms with Crippen molar-refractivity contribution in [2.75, 3.05) is 56.8 Å². The van der Waals surface area contributed by atoms with Gasteiger partial charge >= 0.3 is 17.1 Å². The van der Waals surface area contributed by atoms with Gasteiger partial charge in [-0.15, -0.1) is 0 Å². The highest BCUT2D eigenvalue weighted by Crippen LogP contribution is 2.59. The zero-order valence-electron chi connectivity index (χ0n) is 61.2. The summed E-state index contributed by atoms with van der Waals surface area (Å²) in [5.74, 6) is -1.96. The van der Waals surface area contributed by atoms with Gasteiger partial charge in [0.25, 0.3) is 22.6 Å². The number of imidazole rings is 3. The van der Waals surface area contributed by atoms with Gasteiger partial charge < -0.3 is 44.4 Å². The third-order valence-electron chi connectivity index (χ3n) is 19.0. The quantitative estimate of drug-likeness (QED) is 0.112. The maximum absolute atomic E-state index is 13.5. The molecule has 3 saturated heterocycles. The van der Waals surface area contributed by atoms with E-state index in [1.54, 1.807) is 42.7 Å². The number of fused-ring (bicyclic) bond motifs is 4. The van der Waals surface area contributed by atoms with Crippen LogP contribution in [0, 0.1) is 11.8 Å². The molecule has 5 atom stereocenters. The minimum Gasteiger partial charge on any atom is -0.340 e. The van der Waals surface area contributed by atoms with E-state index >= 15 is 0 Å². The normalized spacial score (nSPS) is 17.9. The Labute approximate surface area is 605 Å². The molecule has 12 aromatic heterocycles. The van der Waals surface area contributed by atoms with E-state index in [2.05, 4.69) is 119 Å². The average Bonchev–Trinajstić information content (AvgIpc) is 1.54. The average molecular weight is 1470 g/mol. The summed E-state index contributed by atoms with van der Waals surface area (Å²) in [6, 6.07) is 4.50. The number of aromatic amines is 1. The maximum Gasteiger partial charge on any atom is 0.332 e. The van der Waals surface area contributed by atoms with Crippen LogP contribution in [0.1, 0.15) is 56.6 Å². The molecule has 1 aliphatic carbocycles. The lowest BCUT2D eigenvalue weighted by molar-refractivity contribution is -0.119. The predicted molar refractivity (Wildman–Crippen MR) is 382 cm³/mol. The molecule has 39 nitrogen and oxygen atoms in total. The van der Waals surface area contributed by atoms with Crippen molar-refractivity contribution in [2.45, 2.75) is 83.6 Å². The maximum atomic E-state index is 13.5. The number of H-pyrrole nitrogens is 1.